The minimum Gasteiger partial charge on any atom is -0.388 e. The minimum atomic E-state index is -0.320. The Morgan fingerprint density at radius 2 is 2.11 bits per heavy atom. The van der Waals surface area contributed by atoms with Crippen LogP contribution in [0, 0.1) is 11.8 Å². The second-order valence-electron chi connectivity index (χ2n) is 5.94. The Balaban J connectivity index is 1.82. The van der Waals surface area contributed by atoms with E-state index in [1.54, 1.807) is 11.3 Å². The molecule has 1 aliphatic rings. The van der Waals surface area contributed by atoms with Crippen molar-refractivity contribution >= 4 is 11.3 Å². The van der Waals surface area contributed by atoms with Gasteiger partial charge in [0.2, 0.25) is 0 Å². The van der Waals surface area contributed by atoms with Gasteiger partial charge in [-0.15, -0.1) is 11.3 Å². The molecular weight excluding hydrogens is 242 g/mol. The number of hydrogen-bond donors (Lipinski definition) is 2. The lowest BCUT2D eigenvalue weighted by atomic mass is 9.97. The van der Waals surface area contributed by atoms with Crippen molar-refractivity contribution in [3.8, 4) is 0 Å². The molecule has 3 unspecified atom stereocenters. The largest absolute Gasteiger partial charge is 0.388 e. The van der Waals surface area contributed by atoms with Crippen molar-refractivity contribution in [1.82, 2.24) is 5.32 Å². The van der Waals surface area contributed by atoms with Crippen LogP contribution in [-0.4, -0.2) is 17.2 Å². The summed E-state index contributed by atoms with van der Waals surface area (Å²) in [4.78, 5) is 1.08. The highest BCUT2D eigenvalue weighted by molar-refractivity contribution is 7.10. The Hall–Kier alpha value is -0.380. The first-order valence-electron chi connectivity index (χ1n) is 7.05. The standard InChI is InChI=1S/C15H25NOS/c1-10(2)15(12-6-7-12)16-11(3)9-13(17)14-5-4-8-18-14/h4-5,8,10-13,15-17H,6-7,9H2,1-3H3. The quantitative estimate of drug-likeness (QED) is 0.791. The van der Waals surface area contributed by atoms with Gasteiger partial charge in [0.1, 0.15) is 0 Å². The van der Waals surface area contributed by atoms with E-state index in [4.69, 9.17) is 0 Å². The second kappa shape index (κ2) is 6.18. The first kappa shape index (κ1) is 14.0. The first-order chi connectivity index (χ1) is 8.58. The number of aliphatic hydroxyl groups excluding tert-OH is 1. The van der Waals surface area contributed by atoms with Crippen molar-refractivity contribution in [2.45, 2.75) is 58.2 Å². The molecule has 0 spiro atoms. The van der Waals surface area contributed by atoms with Crippen molar-refractivity contribution < 1.29 is 5.11 Å². The predicted molar refractivity (Wildman–Crippen MR) is 77.8 cm³/mol. The van der Waals surface area contributed by atoms with E-state index in [9.17, 15) is 5.11 Å². The Morgan fingerprint density at radius 3 is 2.61 bits per heavy atom. The zero-order chi connectivity index (χ0) is 13.1. The molecule has 2 N–H and O–H groups in total. The van der Waals surface area contributed by atoms with E-state index in [1.807, 2.05) is 17.5 Å². The average molecular weight is 267 g/mol. The van der Waals surface area contributed by atoms with Crippen LogP contribution in [0.3, 0.4) is 0 Å². The van der Waals surface area contributed by atoms with Gasteiger partial charge in [-0.3, -0.25) is 0 Å². The number of rotatable bonds is 7. The summed E-state index contributed by atoms with van der Waals surface area (Å²) in [5.74, 6) is 1.55. The van der Waals surface area contributed by atoms with E-state index in [0.717, 1.165) is 17.2 Å². The maximum atomic E-state index is 10.2. The molecule has 102 valence electrons. The van der Waals surface area contributed by atoms with Gasteiger partial charge in [-0.2, -0.15) is 0 Å². The molecule has 0 saturated heterocycles. The summed E-state index contributed by atoms with van der Waals surface area (Å²) in [5.41, 5.74) is 0. The summed E-state index contributed by atoms with van der Waals surface area (Å²) in [6.07, 6.45) is 3.22. The lowest BCUT2D eigenvalue weighted by molar-refractivity contribution is 0.151. The average Bonchev–Trinajstić information content (AvgIpc) is 2.98. The molecule has 1 aromatic rings. The highest BCUT2D eigenvalue weighted by Gasteiger charge is 2.33. The van der Waals surface area contributed by atoms with Crippen LogP contribution >= 0.6 is 11.3 Å². The zero-order valence-corrected chi connectivity index (χ0v) is 12.4. The van der Waals surface area contributed by atoms with Crippen LogP contribution in [0.25, 0.3) is 0 Å². The molecule has 1 saturated carbocycles. The van der Waals surface area contributed by atoms with Gasteiger partial charge in [-0.1, -0.05) is 19.9 Å². The number of nitrogens with one attached hydrogen (secondary N) is 1. The van der Waals surface area contributed by atoms with Crippen LogP contribution in [-0.2, 0) is 0 Å². The Bertz CT molecular complexity index is 343. The highest BCUT2D eigenvalue weighted by atomic mass is 32.1. The van der Waals surface area contributed by atoms with Crippen LogP contribution < -0.4 is 5.32 Å². The van der Waals surface area contributed by atoms with E-state index in [0.29, 0.717) is 18.0 Å². The number of thiophene rings is 1. The molecule has 0 aromatic carbocycles. The van der Waals surface area contributed by atoms with Gasteiger partial charge in [-0.05, 0) is 49.5 Å². The molecule has 1 heterocycles. The van der Waals surface area contributed by atoms with E-state index in [1.165, 1.54) is 12.8 Å². The fraction of sp³-hybridized carbons (Fsp3) is 0.733. The molecule has 1 aliphatic carbocycles. The maximum absolute atomic E-state index is 10.2. The molecule has 2 nitrogen and oxygen atoms in total. The van der Waals surface area contributed by atoms with Gasteiger partial charge in [0.15, 0.2) is 0 Å². The molecule has 1 aromatic heterocycles. The maximum Gasteiger partial charge on any atom is 0.0896 e. The third-order valence-electron chi connectivity index (χ3n) is 3.77. The van der Waals surface area contributed by atoms with Crippen molar-refractivity contribution in [2.24, 2.45) is 11.8 Å². The lowest BCUT2D eigenvalue weighted by Gasteiger charge is -2.27. The van der Waals surface area contributed by atoms with Gasteiger partial charge < -0.3 is 10.4 Å². The molecule has 3 atom stereocenters. The molecule has 0 aliphatic heterocycles. The fourth-order valence-corrected chi connectivity index (χ4v) is 3.38. The third-order valence-corrected chi connectivity index (χ3v) is 4.75. The molecule has 2 rings (SSSR count). The molecule has 18 heavy (non-hydrogen) atoms. The summed E-state index contributed by atoms with van der Waals surface area (Å²) in [5, 5.41) is 15.9. The van der Waals surface area contributed by atoms with Crippen molar-refractivity contribution in [2.75, 3.05) is 0 Å². The predicted octanol–water partition coefficient (Wildman–Crippen LogP) is 3.58. The van der Waals surface area contributed by atoms with Crippen LogP contribution in [0.5, 0.6) is 0 Å². The summed E-state index contributed by atoms with van der Waals surface area (Å²) in [7, 11) is 0. The molecule has 1 fully saturated rings. The number of hydrogen-bond acceptors (Lipinski definition) is 3. The van der Waals surface area contributed by atoms with E-state index in [2.05, 4.69) is 26.1 Å². The zero-order valence-electron chi connectivity index (χ0n) is 11.6. The van der Waals surface area contributed by atoms with E-state index < -0.39 is 0 Å². The van der Waals surface area contributed by atoms with Crippen LogP contribution in [0.4, 0.5) is 0 Å². The molecule has 0 radical (unpaired) electrons. The van der Waals surface area contributed by atoms with Gasteiger partial charge in [-0.25, -0.2) is 0 Å². The van der Waals surface area contributed by atoms with Crippen LogP contribution in [0.15, 0.2) is 17.5 Å². The highest BCUT2D eigenvalue weighted by Crippen LogP contribution is 2.36. The Kier molecular flexibility index (Phi) is 4.82. The lowest BCUT2D eigenvalue weighted by Crippen LogP contribution is -2.42. The Labute approximate surface area is 114 Å². The van der Waals surface area contributed by atoms with Crippen molar-refractivity contribution in [3.05, 3.63) is 22.4 Å². The minimum absolute atomic E-state index is 0.320. The van der Waals surface area contributed by atoms with Crippen LogP contribution in [0.2, 0.25) is 0 Å². The first-order valence-corrected chi connectivity index (χ1v) is 7.93. The topological polar surface area (TPSA) is 32.3 Å². The van der Waals surface area contributed by atoms with E-state index >= 15 is 0 Å². The Morgan fingerprint density at radius 1 is 1.39 bits per heavy atom. The normalized spacial score (nSPS) is 20.9. The summed E-state index contributed by atoms with van der Waals surface area (Å²) < 4.78 is 0. The summed E-state index contributed by atoms with van der Waals surface area (Å²) in [6.45, 7) is 6.77. The van der Waals surface area contributed by atoms with Gasteiger partial charge >= 0.3 is 0 Å². The van der Waals surface area contributed by atoms with E-state index in [-0.39, 0.29) is 6.10 Å². The fourth-order valence-electron chi connectivity index (χ4n) is 2.66. The van der Waals surface area contributed by atoms with Crippen molar-refractivity contribution in [1.29, 1.82) is 0 Å². The van der Waals surface area contributed by atoms with Gasteiger partial charge in [0.25, 0.3) is 0 Å². The molecule has 0 amide bonds. The third kappa shape index (κ3) is 3.81. The smallest absolute Gasteiger partial charge is 0.0896 e. The monoisotopic (exact) mass is 267 g/mol. The molecular formula is C15H25NOS. The number of aliphatic hydroxyl groups is 1. The van der Waals surface area contributed by atoms with Gasteiger partial charge in [0.05, 0.1) is 6.10 Å². The summed E-state index contributed by atoms with van der Waals surface area (Å²) in [6, 6.07) is 5.01. The van der Waals surface area contributed by atoms with Gasteiger partial charge in [0, 0.05) is 17.0 Å². The molecule has 0 bridgehead atoms. The summed E-state index contributed by atoms with van der Waals surface area (Å²) >= 11 is 1.64. The second-order valence-corrected chi connectivity index (χ2v) is 6.92. The SMILES string of the molecule is CC(CC(O)c1cccs1)NC(C(C)C)C1CC1. The van der Waals surface area contributed by atoms with Crippen LogP contribution in [0.1, 0.15) is 51.0 Å². The molecule has 3 heteroatoms. The van der Waals surface area contributed by atoms with Crippen molar-refractivity contribution in [3.63, 3.8) is 0 Å².